The summed E-state index contributed by atoms with van der Waals surface area (Å²) in [5.41, 5.74) is 1.27. The molecule has 3 aromatic rings. The number of nitrogens with zero attached hydrogens (tertiary/aromatic N) is 1. The normalized spacial score (nSPS) is 10.4. The van der Waals surface area contributed by atoms with Crippen molar-refractivity contribution in [2.24, 2.45) is 0 Å². The molecule has 0 aliphatic rings. The van der Waals surface area contributed by atoms with Gasteiger partial charge in [-0.15, -0.1) is 11.3 Å². The van der Waals surface area contributed by atoms with E-state index >= 15 is 0 Å². The maximum absolute atomic E-state index is 12.2. The highest BCUT2D eigenvalue weighted by Crippen LogP contribution is 2.27. The van der Waals surface area contributed by atoms with Gasteiger partial charge in [-0.1, -0.05) is 6.07 Å². The third kappa shape index (κ3) is 3.41. The SMILES string of the molecule is COc1ccc(CNC(=O)c2csc(-c3ccco3)n2)cc1OC. The van der Waals surface area contributed by atoms with E-state index < -0.39 is 0 Å². The molecule has 0 fully saturated rings. The fourth-order valence-corrected chi connectivity index (χ4v) is 2.92. The Morgan fingerprint density at radius 2 is 2.08 bits per heavy atom. The van der Waals surface area contributed by atoms with E-state index in [4.69, 9.17) is 13.9 Å². The third-order valence-electron chi connectivity index (χ3n) is 3.37. The molecule has 0 bridgehead atoms. The second-order valence-corrected chi connectivity index (χ2v) is 5.75. The molecule has 0 saturated heterocycles. The molecule has 0 atom stereocenters. The predicted molar refractivity (Wildman–Crippen MR) is 90.5 cm³/mol. The van der Waals surface area contributed by atoms with E-state index in [9.17, 15) is 4.79 Å². The first-order chi connectivity index (χ1) is 11.7. The molecule has 0 radical (unpaired) electrons. The monoisotopic (exact) mass is 344 g/mol. The molecule has 24 heavy (non-hydrogen) atoms. The van der Waals surface area contributed by atoms with Crippen molar-refractivity contribution in [1.82, 2.24) is 10.3 Å². The number of hydrogen-bond donors (Lipinski definition) is 1. The smallest absolute Gasteiger partial charge is 0.271 e. The number of furan rings is 1. The lowest BCUT2D eigenvalue weighted by atomic mass is 10.2. The van der Waals surface area contributed by atoms with Crippen LogP contribution in [0.4, 0.5) is 0 Å². The number of aromatic nitrogens is 1. The summed E-state index contributed by atoms with van der Waals surface area (Å²) in [6.07, 6.45) is 1.58. The molecule has 0 spiro atoms. The van der Waals surface area contributed by atoms with Crippen molar-refractivity contribution < 1.29 is 18.7 Å². The van der Waals surface area contributed by atoms with Crippen LogP contribution in [0.1, 0.15) is 16.1 Å². The number of carbonyl (C=O) groups excluding carboxylic acids is 1. The highest BCUT2D eigenvalue weighted by molar-refractivity contribution is 7.13. The van der Waals surface area contributed by atoms with Crippen LogP contribution in [-0.2, 0) is 6.54 Å². The van der Waals surface area contributed by atoms with Crippen LogP contribution in [0.5, 0.6) is 11.5 Å². The zero-order valence-corrected chi connectivity index (χ0v) is 14.1. The van der Waals surface area contributed by atoms with Gasteiger partial charge in [0.15, 0.2) is 22.3 Å². The summed E-state index contributed by atoms with van der Waals surface area (Å²) in [7, 11) is 3.16. The molecule has 0 aliphatic heterocycles. The van der Waals surface area contributed by atoms with Gasteiger partial charge in [0.25, 0.3) is 5.91 Å². The second kappa shape index (κ2) is 7.18. The number of amides is 1. The number of ether oxygens (including phenoxy) is 2. The number of nitrogens with one attached hydrogen (secondary N) is 1. The first kappa shape index (κ1) is 16.1. The maximum atomic E-state index is 12.2. The van der Waals surface area contributed by atoms with Crippen molar-refractivity contribution in [3.05, 3.63) is 53.2 Å². The molecule has 1 N–H and O–H groups in total. The van der Waals surface area contributed by atoms with Crippen molar-refractivity contribution in [2.45, 2.75) is 6.54 Å². The average Bonchev–Trinajstić information content (AvgIpc) is 3.30. The van der Waals surface area contributed by atoms with Gasteiger partial charge >= 0.3 is 0 Å². The Morgan fingerprint density at radius 3 is 2.79 bits per heavy atom. The Bertz CT molecular complexity index is 827. The lowest BCUT2D eigenvalue weighted by Gasteiger charge is -2.10. The zero-order valence-electron chi connectivity index (χ0n) is 13.2. The molecule has 6 nitrogen and oxygen atoms in total. The highest BCUT2D eigenvalue weighted by Gasteiger charge is 2.13. The van der Waals surface area contributed by atoms with Gasteiger partial charge in [-0.3, -0.25) is 4.79 Å². The minimum absolute atomic E-state index is 0.237. The van der Waals surface area contributed by atoms with E-state index in [1.165, 1.54) is 11.3 Å². The largest absolute Gasteiger partial charge is 0.493 e. The molecular weight excluding hydrogens is 328 g/mol. The van der Waals surface area contributed by atoms with Gasteiger partial charge < -0.3 is 19.2 Å². The fraction of sp³-hybridized carbons (Fsp3) is 0.176. The minimum Gasteiger partial charge on any atom is -0.493 e. The number of thiazole rings is 1. The van der Waals surface area contributed by atoms with Crippen LogP contribution in [0.25, 0.3) is 10.8 Å². The number of methoxy groups -OCH3 is 2. The summed E-state index contributed by atoms with van der Waals surface area (Å²) in [6.45, 7) is 0.368. The molecule has 2 heterocycles. The standard InChI is InChI=1S/C17H16N2O4S/c1-21-13-6-5-11(8-15(13)22-2)9-18-16(20)12-10-24-17(19-12)14-4-3-7-23-14/h3-8,10H,9H2,1-2H3,(H,18,20). The van der Waals surface area contributed by atoms with Crippen LogP contribution in [0.15, 0.2) is 46.4 Å². The molecule has 7 heteroatoms. The van der Waals surface area contributed by atoms with E-state index in [2.05, 4.69) is 10.3 Å². The number of rotatable bonds is 6. The summed E-state index contributed by atoms with van der Waals surface area (Å²) < 4.78 is 15.7. The first-order valence-corrected chi connectivity index (χ1v) is 8.07. The van der Waals surface area contributed by atoms with Gasteiger partial charge in [-0.05, 0) is 29.8 Å². The van der Waals surface area contributed by atoms with Crippen molar-refractivity contribution >= 4 is 17.2 Å². The van der Waals surface area contributed by atoms with E-state index in [-0.39, 0.29) is 5.91 Å². The molecule has 2 aromatic heterocycles. The fourth-order valence-electron chi connectivity index (χ4n) is 2.15. The first-order valence-electron chi connectivity index (χ1n) is 7.19. The van der Waals surface area contributed by atoms with Crippen molar-refractivity contribution in [1.29, 1.82) is 0 Å². The Morgan fingerprint density at radius 1 is 1.25 bits per heavy atom. The molecule has 3 rings (SSSR count). The zero-order chi connectivity index (χ0) is 16.9. The highest BCUT2D eigenvalue weighted by atomic mass is 32.1. The van der Waals surface area contributed by atoms with Gasteiger partial charge in [0.1, 0.15) is 5.69 Å². The Balaban J connectivity index is 1.65. The van der Waals surface area contributed by atoms with Crippen LogP contribution >= 0.6 is 11.3 Å². The van der Waals surface area contributed by atoms with Crippen molar-refractivity contribution in [3.63, 3.8) is 0 Å². The maximum Gasteiger partial charge on any atom is 0.271 e. The Labute approximate surface area is 143 Å². The summed E-state index contributed by atoms with van der Waals surface area (Å²) in [5.74, 6) is 1.69. The Hall–Kier alpha value is -2.80. The molecular formula is C17H16N2O4S. The third-order valence-corrected chi connectivity index (χ3v) is 4.23. The van der Waals surface area contributed by atoms with E-state index in [1.807, 2.05) is 18.2 Å². The summed E-state index contributed by atoms with van der Waals surface area (Å²) in [6, 6.07) is 9.10. The van der Waals surface area contributed by atoms with Crippen LogP contribution in [0.3, 0.4) is 0 Å². The van der Waals surface area contributed by atoms with Gasteiger partial charge in [-0.25, -0.2) is 4.98 Å². The second-order valence-electron chi connectivity index (χ2n) is 4.89. The van der Waals surface area contributed by atoms with Crippen molar-refractivity contribution in [2.75, 3.05) is 14.2 Å². The van der Waals surface area contributed by atoms with E-state index in [0.29, 0.717) is 34.5 Å². The molecule has 1 aromatic carbocycles. The molecule has 0 aliphatic carbocycles. The number of benzene rings is 1. The van der Waals surface area contributed by atoms with Gasteiger partial charge in [0.05, 0.1) is 20.5 Å². The number of hydrogen-bond acceptors (Lipinski definition) is 6. The molecule has 124 valence electrons. The van der Waals surface area contributed by atoms with Gasteiger partial charge in [0, 0.05) is 11.9 Å². The molecule has 0 saturated carbocycles. The Kier molecular flexibility index (Phi) is 4.81. The van der Waals surface area contributed by atoms with Gasteiger partial charge in [0.2, 0.25) is 0 Å². The van der Waals surface area contributed by atoms with E-state index in [1.54, 1.807) is 38.0 Å². The molecule has 0 unspecified atom stereocenters. The van der Waals surface area contributed by atoms with Crippen LogP contribution in [0.2, 0.25) is 0 Å². The van der Waals surface area contributed by atoms with Crippen LogP contribution < -0.4 is 14.8 Å². The topological polar surface area (TPSA) is 73.6 Å². The predicted octanol–water partition coefficient (Wildman–Crippen LogP) is 3.35. The van der Waals surface area contributed by atoms with Gasteiger partial charge in [-0.2, -0.15) is 0 Å². The summed E-state index contributed by atoms with van der Waals surface area (Å²) in [4.78, 5) is 16.5. The lowest BCUT2D eigenvalue weighted by molar-refractivity contribution is 0.0946. The van der Waals surface area contributed by atoms with Crippen LogP contribution in [0, 0.1) is 0 Å². The quantitative estimate of drug-likeness (QED) is 0.742. The number of carbonyl (C=O) groups is 1. The summed E-state index contributed by atoms with van der Waals surface area (Å²) in [5, 5.41) is 5.23. The van der Waals surface area contributed by atoms with E-state index in [0.717, 1.165) is 5.56 Å². The van der Waals surface area contributed by atoms with Crippen molar-refractivity contribution in [3.8, 4) is 22.3 Å². The molecule has 1 amide bonds. The average molecular weight is 344 g/mol. The summed E-state index contributed by atoms with van der Waals surface area (Å²) >= 11 is 1.37. The van der Waals surface area contributed by atoms with Crippen LogP contribution in [-0.4, -0.2) is 25.1 Å². The lowest BCUT2D eigenvalue weighted by Crippen LogP contribution is -2.23. The minimum atomic E-state index is -0.237.